The van der Waals surface area contributed by atoms with Crippen molar-refractivity contribution in [3.05, 3.63) is 29.1 Å². The van der Waals surface area contributed by atoms with Crippen LogP contribution in [0.3, 0.4) is 0 Å². The van der Waals surface area contributed by atoms with Crippen LogP contribution in [-0.2, 0) is 4.79 Å². The summed E-state index contributed by atoms with van der Waals surface area (Å²) in [6, 6.07) is 2.99. The van der Waals surface area contributed by atoms with Crippen LogP contribution in [0.1, 0.15) is 43.9 Å². The lowest BCUT2D eigenvalue weighted by Gasteiger charge is -2.27. The topological polar surface area (TPSA) is 66.6 Å². The number of amides is 1. The molecule has 0 aliphatic rings. The number of rotatable bonds is 7. The minimum absolute atomic E-state index is 0.0603. The average Bonchev–Trinajstić information content (AvgIpc) is 2.36. The third kappa shape index (κ3) is 4.20. The third-order valence-electron chi connectivity index (χ3n) is 3.23. The third-order valence-corrected chi connectivity index (χ3v) is 3.23. The number of hydrogen-bond donors (Lipinski definition) is 2. The van der Waals surface area contributed by atoms with E-state index in [1.807, 2.05) is 6.92 Å². The number of nitrogens with zero attached hydrogens (tertiary/aromatic N) is 1. The molecule has 1 aromatic rings. The predicted octanol–water partition coefficient (Wildman–Crippen LogP) is 2.28. The second-order valence-electron chi connectivity index (χ2n) is 5.08. The Hall–Kier alpha value is -1.62. The van der Waals surface area contributed by atoms with Crippen molar-refractivity contribution in [2.45, 2.75) is 39.7 Å². The van der Waals surface area contributed by atoms with Crippen LogP contribution in [0.4, 0.5) is 10.1 Å². The first kappa shape index (κ1) is 16.4. The van der Waals surface area contributed by atoms with E-state index in [0.717, 1.165) is 12.8 Å². The van der Waals surface area contributed by atoms with Gasteiger partial charge in [-0.15, -0.1) is 0 Å². The van der Waals surface area contributed by atoms with Crippen molar-refractivity contribution in [2.75, 3.05) is 18.0 Å². The molecule has 20 heavy (non-hydrogen) atoms. The Morgan fingerprint density at radius 3 is 2.65 bits per heavy atom. The molecule has 0 aliphatic carbocycles. The maximum atomic E-state index is 13.7. The van der Waals surface area contributed by atoms with Crippen LogP contribution in [0.15, 0.2) is 12.1 Å². The number of anilines is 1. The predicted molar refractivity (Wildman–Crippen MR) is 78.1 cm³/mol. The lowest BCUT2D eigenvalue weighted by Crippen LogP contribution is -2.35. The summed E-state index contributed by atoms with van der Waals surface area (Å²) < 4.78 is 13.7. The monoisotopic (exact) mass is 282 g/mol. The molecule has 1 amide bonds. The molecule has 1 atom stereocenters. The van der Waals surface area contributed by atoms with Crippen LogP contribution in [0.5, 0.6) is 0 Å². The van der Waals surface area contributed by atoms with E-state index < -0.39 is 12.0 Å². The van der Waals surface area contributed by atoms with Crippen molar-refractivity contribution in [2.24, 2.45) is 5.73 Å². The zero-order valence-electron chi connectivity index (χ0n) is 12.3. The summed E-state index contributed by atoms with van der Waals surface area (Å²) in [6.45, 7) is 5.99. The second-order valence-corrected chi connectivity index (χ2v) is 5.08. The molecule has 5 heteroatoms. The fraction of sp³-hybridized carbons (Fsp3) is 0.533. The van der Waals surface area contributed by atoms with Gasteiger partial charge in [-0.1, -0.05) is 13.3 Å². The molecule has 0 saturated carbocycles. The van der Waals surface area contributed by atoms with Gasteiger partial charge in [0.15, 0.2) is 0 Å². The van der Waals surface area contributed by atoms with Gasteiger partial charge in [0.2, 0.25) is 5.91 Å². The van der Waals surface area contributed by atoms with Gasteiger partial charge in [-0.25, -0.2) is 4.39 Å². The van der Waals surface area contributed by atoms with Crippen molar-refractivity contribution >= 4 is 11.6 Å². The molecular weight excluding hydrogens is 259 g/mol. The van der Waals surface area contributed by atoms with Crippen molar-refractivity contribution in [3.8, 4) is 0 Å². The van der Waals surface area contributed by atoms with Crippen LogP contribution in [-0.4, -0.2) is 24.1 Å². The second kappa shape index (κ2) is 7.24. The van der Waals surface area contributed by atoms with Crippen molar-refractivity contribution in [1.82, 2.24) is 0 Å². The molecule has 4 nitrogen and oxygen atoms in total. The number of aliphatic hydroxyl groups excluding tert-OH is 1. The Bertz CT molecular complexity index is 475. The Labute approximate surface area is 119 Å². The number of halogens is 1. The van der Waals surface area contributed by atoms with Gasteiger partial charge in [-0.3, -0.25) is 4.79 Å². The first-order chi connectivity index (χ1) is 9.36. The van der Waals surface area contributed by atoms with Gasteiger partial charge in [0.25, 0.3) is 0 Å². The van der Waals surface area contributed by atoms with E-state index >= 15 is 0 Å². The Morgan fingerprint density at radius 1 is 1.50 bits per heavy atom. The molecular formula is C15H23FN2O2. The van der Waals surface area contributed by atoms with E-state index in [-0.39, 0.29) is 12.4 Å². The minimum atomic E-state index is -0.808. The number of nitrogens with two attached hydrogens (primary N) is 1. The summed E-state index contributed by atoms with van der Waals surface area (Å²) >= 11 is 0. The molecule has 0 aliphatic heterocycles. The number of aliphatic hydroxyl groups is 1. The molecule has 3 N–H and O–H groups in total. The summed E-state index contributed by atoms with van der Waals surface area (Å²) in [5.41, 5.74) is 6.91. The number of benzene rings is 1. The van der Waals surface area contributed by atoms with Gasteiger partial charge in [-0.05, 0) is 38.0 Å². The summed E-state index contributed by atoms with van der Waals surface area (Å²) in [4.78, 5) is 13.0. The van der Waals surface area contributed by atoms with Crippen molar-refractivity contribution in [3.63, 3.8) is 0 Å². The number of primary amides is 1. The van der Waals surface area contributed by atoms with E-state index in [9.17, 15) is 14.3 Å². The molecule has 0 radical (unpaired) electrons. The number of aryl methyl sites for hydroxylation is 1. The smallest absolute Gasteiger partial charge is 0.236 e. The van der Waals surface area contributed by atoms with E-state index in [1.165, 1.54) is 6.07 Å². The Kier molecular flexibility index (Phi) is 5.95. The minimum Gasteiger partial charge on any atom is -0.389 e. The quantitative estimate of drug-likeness (QED) is 0.806. The van der Waals surface area contributed by atoms with Gasteiger partial charge >= 0.3 is 0 Å². The van der Waals surface area contributed by atoms with Crippen molar-refractivity contribution in [1.29, 1.82) is 0 Å². The molecule has 0 fully saturated rings. The molecule has 0 bridgehead atoms. The fourth-order valence-corrected chi connectivity index (χ4v) is 2.11. The molecule has 112 valence electrons. The normalized spacial score (nSPS) is 12.2. The molecule has 1 unspecified atom stereocenters. The number of carbonyl (C=O) groups excluding carboxylic acids is 1. The Morgan fingerprint density at radius 2 is 2.15 bits per heavy atom. The highest BCUT2D eigenvalue weighted by Gasteiger charge is 2.18. The fourth-order valence-electron chi connectivity index (χ4n) is 2.11. The SMILES string of the molecule is CCCCN(CC(N)=O)c1cc(C)c(F)cc1C(C)O. The van der Waals surface area contributed by atoms with Crippen LogP contribution in [0.2, 0.25) is 0 Å². The Balaban J connectivity index is 3.22. The van der Waals surface area contributed by atoms with Crippen LogP contribution < -0.4 is 10.6 Å². The van der Waals surface area contributed by atoms with Crippen LogP contribution in [0, 0.1) is 12.7 Å². The molecule has 1 rings (SSSR count). The molecule has 0 spiro atoms. The number of hydrogen-bond acceptors (Lipinski definition) is 3. The molecule has 1 aromatic carbocycles. The van der Waals surface area contributed by atoms with E-state index in [0.29, 0.717) is 23.4 Å². The number of unbranched alkanes of at least 4 members (excludes halogenated alkanes) is 1. The lowest BCUT2D eigenvalue weighted by atomic mass is 10.0. The van der Waals surface area contributed by atoms with Gasteiger partial charge in [-0.2, -0.15) is 0 Å². The average molecular weight is 282 g/mol. The highest BCUT2D eigenvalue weighted by atomic mass is 19.1. The maximum Gasteiger partial charge on any atom is 0.236 e. The maximum absolute atomic E-state index is 13.7. The molecule has 0 saturated heterocycles. The van der Waals surface area contributed by atoms with Crippen molar-refractivity contribution < 1.29 is 14.3 Å². The zero-order chi connectivity index (χ0) is 15.3. The van der Waals surface area contributed by atoms with E-state index in [2.05, 4.69) is 0 Å². The van der Waals surface area contributed by atoms with E-state index in [1.54, 1.807) is 24.8 Å². The highest BCUT2D eigenvalue weighted by Crippen LogP contribution is 2.29. The molecule has 0 heterocycles. The summed E-state index contributed by atoms with van der Waals surface area (Å²) in [5.74, 6) is -0.807. The number of carbonyl (C=O) groups is 1. The summed E-state index contributed by atoms with van der Waals surface area (Å²) in [7, 11) is 0. The van der Waals surface area contributed by atoms with Crippen LogP contribution >= 0.6 is 0 Å². The molecule has 0 aromatic heterocycles. The van der Waals surface area contributed by atoms with Gasteiger partial charge in [0.05, 0.1) is 12.6 Å². The first-order valence-corrected chi connectivity index (χ1v) is 6.88. The summed E-state index contributed by atoms with van der Waals surface area (Å²) in [5, 5.41) is 9.82. The highest BCUT2D eigenvalue weighted by molar-refractivity contribution is 5.80. The largest absolute Gasteiger partial charge is 0.389 e. The first-order valence-electron chi connectivity index (χ1n) is 6.88. The van der Waals surface area contributed by atoms with Gasteiger partial charge < -0.3 is 15.7 Å². The lowest BCUT2D eigenvalue weighted by molar-refractivity contribution is -0.116. The van der Waals surface area contributed by atoms with Gasteiger partial charge in [0, 0.05) is 17.8 Å². The van der Waals surface area contributed by atoms with Crippen LogP contribution in [0.25, 0.3) is 0 Å². The zero-order valence-corrected chi connectivity index (χ0v) is 12.3. The van der Waals surface area contributed by atoms with E-state index in [4.69, 9.17) is 5.73 Å². The van der Waals surface area contributed by atoms with Gasteiger partial charge in [0.1, 0.15) is 5.82 Å². The summed E-state index contributed by atoms with van der Waals surface area (Å²) in [6.07, 6.45) is 1.06. The standard InChI is InChI=1S/C15H23FN2O2/c1-4-5-6-18(9-15(17)20)14-7-10(2)13(16)8-12(14)11(3)19/h7-8,11,19H,4-6,9H2,1-3H3,(H2,17,20).